The van der Waals surface area contributed by atoms with Gasteiger partial charge in [-0.2, -0.15) is 5.10 Å². The Morgan fingerprint density at radius 3 is 3.00 bits per heavy atom. The molecule has 0 saturated heterocycles. The molecule has 0 amide bonds. The van der Waals surface area contributed by atoms with E-state index < -0.39 is 0 Å². The lowest BCUT2D eigenvalue weighted by Gasteiger charge is -2.09. The van der Waals surface area contributed by atoms with Crippen molar-refractivity contribution >= 4 is 28.1 Å². The van der Waals surface area contributed by atoms with Crippen LogP contribution in [0.1, 0.15) is 18.3 Å². The van der Waals surface area contributed by atoms with Crippen molar-refractivity contribution in [2.75, 3.05) is 0 Å². The van der Waals surface area contributed by atoms with E-state index in [2.05, 4.69) is 51.8 Å². The van der Waals surface area contributed by atoms with Crippen LogP contribution in [0.5, 0.6) is 5.75 Å². The lowest BCUT2D eigenvalue weighted by molar-refractivity contribution is 0.288. The minimum atomic E-state index is 0.352. The molecule has 2 rings (SSSR count). The normalized spacial score (nSPS) is 10.5. The third-order valence-electron chi connectivity index (χ3n) is 2.91. The van der Waals surface area contributed by atoms with E-state index in [1.165, 1.54) is 5.56 Å². The number of hydrogen-bond acceptors (Lipinski definition) is 3. The van der Waals surface area contributed by atoms with E-state index in [1.807, 2.05) is 10.6 Å². The van der Waals surface area contributed by atoms with Gasteiger partial charge in [0.1, 0.15) is 12.4 Å². The number of allylic oxidation sites excluding steroid dienone is 1. The average Bonchev–Trinajstić information content (AvgIpc) is 2.79. The maximum Gasteiger partial charge on any atom is 0.195 e. The minimum Gasteiger partial charge on any atom is -0.484 e. The van der Waals surface area contributed by atoms with E-state index >= 15 is 0 Å². The molecule has 106 valence electrons. The molecule has 0 unspecified atom stereocenters. The summed E-state index contributed by atoms with van der Waals surface area (Å²) in [5.41, 5.74) is 1.26. The predicted molar refractivity (Wildman–Crippen MR) is 85.5 cm³/mol. The van der Waals surface area contributed by atoms with Gasteiger partial charge in [-0.1, -0.05) is 19.1 Å². The lowest BCUT2D eigenvalue weighted by Crippen LogP contribution is -2.06. The highest BCUT2D eigenvalue weighted by atomic mass is 79.9. The van der Waals surface area contributed by atoms with Crippen molar-refractivity contribution in [1.82, 2.24) is 14.8 Å². The number of hydrogen-bond donors (Lipinski definition) is 1. The number of nitrogens with zero attached hydrogens (tertiary/aromatic N) is 2. The van der Waals surface area contributed by atoms with Crippen LogP contribution in [0.4, 0.5) is 0 Å². The fourth-order valence-electron chi connectivity index (χ4n) is 1.80. The van der Waals surface area contributed by atoms with Crippen molar-refractivity contribution in [2.24, 2.45) is 0 Å². The Bertz CT molecular complexity index is 663. The molecule has 0 atom stereocenters. The van der Waals surface area contributed by atoms with Gasteiger partial charge in [-0.15, -0.1) is 6.58 Å². The van der Waals surface area contributed by atoms with Crippen LogP contribution in [0.25, 0.3) is 0 Å². The second-order valence-electron chi connectivity index (χ2n) is 4.25. The summed E-state index contributed by atoms with van der Waals surface area (Å²) in [5, 5.41) is 6.94. The van der Waals surface area contributed by atoms with Gasteiger partial charge in [0.2, 0.25) is 0 Å². The van der Waals surface area contributed by atoms with E-state index in [1.54, 1.807) is 6.08 Å². The first kappa shape index (κ1) is 15.0. The van der Waals surface area contributed by atoms with E-state index in [4.69, 9.17) is 17.0 Å². The molecule has 0 spiro atoms. The molecule has 4 nitrogen and oxygen atoms in total. The highest BCUT2D eigenvalue weighted by Crippen LogP contribution is 2.26. The first-order valence-electron chi connectivity index (χ1n) is 6.32. The van der Waals surface area contributed by atoms with Gasteiger partial charge in [0, 0.05) is 6.54 Å². The number of halogens is 1. The summed E-state index contributed by atoms with van der Waals surface area (Å²) >= 11 is 8.68. The van der Waals surface area contributed by atoms with Crippen LogP contribution < -0.4 is 4.74 Å². The van der Waals surface area contributed by atoms with Crippen molar-refractivity contribution in [2.45, 2.75) is 26.5 Å². The van der Waals surface area contributed by atoms with E-state index in [9.17, 15) is 0 Å². The van der Waals surface area contributed by atoms with Gasteiger partial charge < -0.3 is 4.74 Å². The molecule has 20 heavy (non-hydrogen) atoms. The first-order valence-corrected chi connectivity index (χ1v) is 7.52. The molecule has 0 fully saturated rings. The number of rotatable bonds is 6. The summed E-state index contributed by atoms with van der Waals surface area (Å²) in [6.45, 7) is 6.80. The van der Waals surface area contributed by atoms with Gasteiger partial charge in [0.15, 0.2) is 10.6 Å². The van der Waals surface area contributed by atoms with Crippen molar-refractivity contribution in [3.05, 3.63) is 51.5 Å². The molecule has 2 aromatic rings. The van der Waals surface area contributed by atoms with Crippen LogP contribution in [0.3, 0.4) is 0 Å². The van der Waals surface area contributed by atoms with Crippen molar-refractivity contribution < 1.29 is 4.74 Å². The Morgan fingerprint density at radius 2 is 2.35 bits per heavy atom. The van der Waals surface area contributed by atoms with Gasteiger partial charge in [-0.05, 0) is 52.3 Å². The molecule has 1 N–H and O–H groups in total. The zero-order chi connectivity index (χ0) is 14.5. The zero-order valence-corrected chi connectivity index (χ0v) is 13.6. The molecular weight excluding hydrogens is 338 g/mol. The monoisotopic (exact) mass is 353 g/mol. The van der Waals surface area contributed by atoms with Crippen molar-refractivity contribution in [1.29, 1.82) is 0 Å². The summed E-state index contributed by atoms with van der Waals surface area (Å²) in [5.74, 6) is 1.54. The Balaban J connectivity index is 2.13. The molecule has 0 saturated carbocycles. The number of aromatic nitrogens is 3. The van der Waals surface area contributed by atoms with Gasteiger partial charge in [-0.3, -0.25) is 9.67 Å². The second kappa shape index (κ2) is 6.85. The van der Waals surface area contributed by atoms with Crippen LogP contribution in [-0.4, -0.2) is 14.8 Å². The molecule has 0 bridgehead atoms. The Labute approximate surface area is 131 Å². The third-order valence-corrected chi connectivity index (χ3v) is 3.84. The van der Waals surface area contributed by atoms with Crippen molar-refractivity contribution in [3.63, 3.8) is 0 Å². The largest absolute Gasteiger partial charge is 0.484 e. The number of aryl methyl sites for hydroxylation is 1. The fourth-order valence-corrected chi connectivity index (χ4v) is 2.57. The number of nitrogens with one attached hydrogen (secondary N) is 1. The fraction of sp³-hybridized carbons (Fsp3) is 0.286. The van der Waals surface area contributed by atoms with Crippen LogP contribution in [-0.2, 0) is 19.6 Å². The smallest absolute Gasteiger partial charge is 0.195 e. The molecule has 0 aliphatic carbocycles. The molecule has 0 aliphatic rings. The minimum absolute atomic E-state index is 0.352. The SMILES string of the molecule is C=CCn1c(COc2ccc(CC)cc2Br)n[nH]c1=S. The summed E-state index contributed by atoms with van der Waals surface area (Å²) in [6.07, 6.45) is 2.78. The van der Waals surface area contributed by atoms with E-state index in [0.717, 1.165) is 22.5 Å². The summed E-state index contributed by atoms with van der Waals surface area (Å²) in [7, 11) is 0. The zero-order valence-electron chi connectivity index (χ0n) is 11.2. The van der Waals surface area contributed by atoms with Crippen LogP contribution >= 0.6 is 28.1 Å². The van der Waals surface area contributed by atoms with Crippen LogP contribution in [0.15, 0.2) is 35.3 Å². The van der Waals surface area contributed by atoms with Gasteiger partial charge in [0.25, 0.3) is 0 Å². The van der Waals surface area contributed by atoms with Gasteiger partial charge in [-0.25, -0.2) is 0 Å². The van der Waals surface area contributed by atoms with E-state index in [0.29, 0.717) is 17.9 Å². The number of ether oxygens (including phenoxy) is 1. The lowest BCUT2D eigenvalue weighted by atomic mass is 10.2. The molecule has 1 aromatic heterocycles. The quantitative estimate of drug-likeness (QED) is 0.629. The topological polar surface area (TPSA) is 42.8 Å². The summed E-state index contributed by atoms with van der Waals surface area (Å²) < 4.78 is 9.17. The third kappa shape index (κ3) is 3.37. The summed E-state index contributed by atoms with van der Waals surface area (Å²) in [6, 6.07) is 6.08. The Kier molecular flexibility index (Phi) is 5.14. The molecule has 1 heterocycles. The molecule has 0 radical (unpaired) electrons. The molecule has 6 heteroatoms. The van der Waals surface area contributed by atoms with E-state index in [-0.39, 0.29) is 0 Å². The van der Waals surface area contributed by atoms with Gasteiger partial charge in [0.05, 0.1) is 4.47 Å². The number of benzene rings is 1. The summed E-state index contributed by atoms with van der Waals surface area (Å²) in [4.78, 5) is 0. The van der Waals surface area contributed by atoms with Gasteiger partial charge >= 0.3 is 0 Å². The average molecular weight is 354 g/mol. The Hall–Kier alpha value is -1.40. The first-order chi connectivity index (χ1) is 9.65. The standard InChI is InChI=1S/C14H16BrN3OS/c1-3-7-18-13(16-17-14(18)20)9-19-12-6-5-10(4-2)8-11(12)15/h3,5-6,8H,1,4,7,9H2,2H3,(H,17,20). The van der Waals surface area contributed by atoms with Crippen LogP contribution in [0, 0.1) is 4.77 Å². The molecule has 1 aromatic carbocycles. The molecule has 0 aliphatic heterocycles. The van der Waals surface area contributed by atoms with Crippen molar-refractivity contribution in [3.8, 4) is 5.75 Å². The Morgan fingerprint density at radius 1 is 1.55 bits per heavy atom. The van der Waals surface area contributed by atoms with Crippen LogP contribution in [0.2, 0.25) is 0 Å². The predicted octanol–water partition coefficient (Wildman–Crippen LogP) is 4.03. The molecular formula is C14H16BrN3OS. The number of H-pyrrole nitrogens is 1. The maximum absolute atomic E-state index is 5.79. The second-order valence-corrected chi connectivity index (χ2v) is 5.49. The highest BCUT2D eigenvalue weighted by Gasteiger charge is 2.08. The number of aromatic amines is 1. The highest BCUT2D eigenvalue weighted by molar-refractivity contribution is 9.10. The maximum atomic E-state index is 5.79.